The van der Waals surface area contributed by atoms with E-state index in [1.807, 2.05) is 25.1 Å². The predicted octanol–water partition coefficient (Wildman–Crippen LogP) is 1.81. The normalized spacial score (nSPS) is 14.1. The van der Waals surface area contributed by atoms with Crippen molar-refractivity contribution in [2.75, 3.05) is 12.3 Å². The number of rotatable bonds is 8. The van der Waals surface area contributed by atoms with Crippen LogP contribution in [0.5, 0.6) is 0 Å². The maximum atomic E-state index is 11.5. The lowest BCUT2D eigenvalue weighted by atomic mass is 9.98. The second-order valence-electron chi connectivity index (χ2n) is 4.39. The van der Waals surface area contributed by atoms with Gasteiger partial charge in [0.1, 0.15) is 0 Å². The van der Waals surface area contributed by atoms with E-state index in [9.17, 15) is 4.79 Å². The van der Waals surface area contributed by atoms with E-state index >= 15 is 0 Å². The number of carbonyl (C=O) groups is 1. The number of pyridine rings is 1. The summed E-state index contributed by atoms with van der Waals surface area (Å²) in [5, 5.41) is 4.20. The summed E-state index contributed by atoms with van der Waals surface area (Å²) in [7, 11) is 0. The Morgan fingerprint density at radius 2 is 2.33 bits per heavy atom. The SMILES string of the molecule is CCCNC(C)(CCSc1ccccn1)C(N)=O. The van der Waals surface area contributed by atoms with E-state index in [1.165, 1.54) is 0 Å². The molecular formula is C13H21N3OS. The molecule has 0 aliphatic carbocycles. The summed E-state index contributed by atoms with van der Waals surface area (Å²) in [5.74, 6) is 0.519. The molecular weight excluding hydrogens is 246 g/mol. The third-order valence-electron chi connectivity index (χ3n) is 2.80. The number of amides is 1. The minimum absolute atomic E-state index is 0.294. The second-order valence-corrected chi connectivity index (χ2v) is 5.50. The third-order valence-corrected chi connectivity index (χ3v) is 3.74. The van der Waals surface area contributed by atoms with Crippen LogP contribution in [0, 0.1) is 0 Å². The Kier molecular flexibility index (Phi) is 6.15. The summed E-state index contributed by atoms with van der Waals surface area (Å²) in [6.07, 6.45) is 3.45. The molecule has 1 amide bonds. The first-order chi connectivity index (χ1) is 8.58. The predicted molar refractivity (Wildman–Crippen MR) is 75.5 cm³/mol. The minimum Gasteiger partial charge on any atom is -0.368 e. The van der Waals surface area contributed by atoms with Gasteiger partial charge < -0.3 is 11.1 Å². The van der Waals surface area contributed by atoms with Crippen molar-refractivity contribution >= 4 is 17.7 Å². The van der Waals surface area contributed by atoms with E-state index in [0.717, 1.165) is 23.7 Å². The zero-order chi connectivity index (χ0) is 13.4. The molecule has 0 fully saturated rings. The molecule has 0 spiro atoms. The molecule has 0 aliphatic rings. The number of carbonyl (C=O) groups excluding carboxylic acids is 1. The molecule has 18 heavy (non-hydrogen) atoms. The molecule has 0 aliphatic heterocycles. The largest absolute Gasteiger partial charge is 0.368 e. The fourth-order valence-electron chi connectivity index (χ4n) is 1.49. The molecule has 1 rings (SSSR count). The zero-order valence-electron chi connectivity index (χ0n) is 11.0. The highest BCUT2D eigenvalue weighted by atomic mass is 32.2. The van der Waals surface area contributed by atoms with Crippen LogP contribution in [-0.4, -0.2) is 28.7 Å². The van der Waals surface area contributed by atoms with E-state index in [1.54, 1.807) is 18.0 Å². The van der Waals surface area contributed by atoms with Crippen LogP contribution in [0.25, 0.3) is 0 Å². The number of hydrogen-bond acceptors (Lipinski definition) is 4. The van der Waals surface area contributed by atoms with Crippen molar-refractivity contribution in [1.29, 1.82) is 0 Å². The van der Waals surface area contributed by atoms with E-state index < -0.39 is 5.54 Å². The Morgan fingerprint density at radius 1 is 1.56 bits per heavy atom. The van der Waals surface area contributed by atoms with Gasteiger partial charge in [0.05, 0.1) is 10.6 Å². The van der Waals surface area contributed by atoms with Gasteiger partial charge in [-0.05, 0) is 38.4 Å². The molecule has 3 N–H and O–H groups in total. The lowest BCUT2D eigenvalue weighted by Gasteiger charge is -2.27. The van der Waals surface area contributed by atoms with Crippen LogP contribution in [-0.2, 0) is 4.79 Å². The standard InChI is InChI=1S/C13H21N3OS/c1-3-8-16-13(2,12(14)17)7-10-18-11-6-4-5-9-15-11/h4-6,9,16H,3,7-8,10H2,1-2H3,(H2,14,17). The smallest absolute Gasteiger partial charge is 0.237 e. The van der Waals surface area contributed by atoms with Crippen LogP contribution in [0.3, 0.4) is 0 Å². The van der Waals surface area contributed by atoms with Crippen LogP contribution in [0.2, 0.25) is 0 Å². The van der Waals surface area contributed by atoms with Crippen LogP contribution in [0.4, 0.5) is 0 Å². The van der Waals surface area contributed by atoms with Gasteiger partial charge in [-0.15, -0.1) is 11.8 Å². The first-order valence-corrected chi connectivity index (χ1v) is 7.16. The van der Waals surface area contributed by atoms with Gasteiger partial charge in [0.2, 0.25) is 5.91 Å². The average molecular weight is 267 g/mol. The maximum absolute atomic E-state index is 11.5. The molecule has 0 bridgehead atoms. The summed E-state index contributed by atoms with van der Waals surface area (Å²) in [6, 6.07) is 5.81. The van der Waals surface area contributed by atoms with Gasteiger partial charge in [-0.25, -0.2) is 4.98 Å². The molecule has 0 saturated heterocycles. The number of hydrogen-bond donors (Lipinski definition) is 2. The van der Waals surface area contributed by atoms with E-state index in [2.05, 4.69) is 17.2 Å². The highest BCUT2D eigenvalue weighted by Gasteiger charge is 2.29. The van der Waals surface area contributed by atoms with E-state index in [0.29, 0.717) is 6.42 Å². The highest BCUT2D eigenvalue weighted by molar-refractivity contribution is 7.99. The van der Waals surface area contributed by atoms with E-state index in [4.69, 9.17) is 5.73 Å². The van der Waals surface area contributed by atoms with Gasteiger partial charge in [-0.1, -0.05) is 13.0 Å². The van der Waals surface area contributed by atoms with Gasteiger partial charge in [0.25, 0.3) is 0 Å². The zero-order valence-corrected chi connectivity index (χ0v) is 11.8. The van der Waals surface area contributed by atoms with Crippen LogP contribution in [0.15, 0.2) is 29.4 Å². The summed E-state index contributed by atoms with van der Waals surface area (Å²) in [4.78, 5) is 15.7. The maximum Gasteiger partial charge on any atom is 0.237 e. The summed E-state index contributed by atoms with van der Waals surface area (Å²) < 4.78 is 0. The lowest BCUT2D eigenvalue weighted by Crippen LogP contribution is -2.53. The molecule has 0 aromatic carbocycles. The number of thioether (sulfide) groups is 1. The molecule has 1 heterocycles. The molecule has 1 unspecified atom stereocenters. The Bertz CT molecular complexity index is 372. The van der Waals surface area contributed by atoms with Gasteiger partial charge in [-0.3, -0.25) is 4.79 Å². The van der Waals surface area contributed by atoms with Crippen LogP contribution >= 0.6 is 11.8 Å². The Morgan fingerprint density at radius 3 is 2.89 bits per heavy atom. The van der Waals surface area contributed by atoms with Crippen LogP contribution in [0.1, 0.15) is 26.7 Å². The average Bonchev–Trinajstić information content (AvgIpc) is 2.37. The highest BCUT2D eigenvalue weighted by Crippen LogP contribution is 2.19. The van der Waals surface area contributed by atoms with E-state index in [-0.39, 0.29) is 5.91 Å². The van der Waals surface area contributed by atoms with Crippen molar-refractivity contribution in [2.45, 2.75) is 37.3 Å². The minimum atomic E-state index is -0.627. The van der Waals surface area contributed by atoms with Crippen molar-refractivity contribution in [3.63, 3.8) is 0 Å². The topological polar surface area (TPSA) is 68.0 Å². The quantitative estimate of drug-likeness (QED) is 0.705. The monoisotopic (exact) mass is 267 g/mol. The second kappa shape index (κ2) is 7.38. The van der Waals surface area contributed by atoms with Crippen molar-refractivity contribution in [3.8, 4) is 0 Å². The number of nitrogens with zero attached hydrogens (tertiary/aromatic N) is 1. The molecule has 1 aromatic heterocycles. The molecule has 0 radical (unpaired) electrons. The third kappa shape index (κ3) is 4.66. The number of primary amides is 1. The molecule has 4 nitrogen and oxygen atoms in total. The fourth-order valence-corrected chi connectivity index (χ4v) is 2.52. The molecule has 1 aromatic rings. The first kappa shape index (κ1) is 15.0. The summed E-state index contributed by atoms with van der Waals surface area (Å²) in [5.41, 5.74) is 4.84. The first-order valence-electron chi connectivity index (χ1n) is 6.17. The summed E-state index contributed by atoms with van der Waals surface area (Å²) >= 11 is 1.64. The van der Waals surface area contributed by atoms with Gasteiger partial charge in [0, 0.05) is 11.9 Å². The number of nitrogens with one attached hydrogen (secondary N) is 1. The van der Waals surface area contributed by atoms with Crippen molar-refractivity contribution in [3.05, 3.63) is 24.4 Å². The van der Waals surface area contributed by atoms with Gasteiger partial charge in [0.15, 0.2) is 0 Å². The lowest BCUT2D eigenvalue weighted by molar-refractivity contribution is -0.123. The number of aromatic nitrogens is 1. The van der Waals surface area contributed by atoms with Gasteiger partial charge in [-0.2, -0.15) is 0 Å². The summed E-state index contributed by atoms with van der Waals surface area (Å²) in [6.45, 7) is 4.73. The Balaban J connectivity index is 2.45. The molecule has 1 atom stereocenters. The fraction of sp³-hybridized carbons (Fsp3) is 0.538. The van der Waals surface area contributed by atoms with Crippen molar-refractivity contribution in [2.24, 2.45) is 5.73 Å². The van der Waals surface area contributed by atoms with Crippen molar-refractivity contribution < 1.29 is 4.79 Å². The number of nitrogens with two attached hydrogens (primary N) is 1. The molecule has 0 saturated carbocycles. The Labute approximate surface area is 113 Å². The van der Waals surface area contributed by atoms with Gasteiger partial charge >= 0.3 is 0 Å². The molecule has 5 heteroatoms. The van der Waals surface area contributed by atoms with Crippen LogP contribution < -0.4 is 11.1 Å². The van der Waals surface area contributed by atoms with Crippen molar-refractivity contribution in [1.82, 2.24) is 10.3 Å². The Hall–Kier alpha value is -1.07. The molecule has 100 valence electrons.